The highest BCUT2D eigenvalue weighted by Gasteiger charge is 2.20. The number of hydrogen-bond donors (Lipinski definition) is 2. The number of rotatable bonds is 3. The summed E-state index contributed by atoms with van der Waals surface area (Å²) in [4.78, 5) is 26.8. The Kier molecular flexibility index (Phi) is 3.93. The molecule has 2 N–H and O–H groups in total. The minimum atomic E-state index is -0.349. The number of aromatic nitrogens is 1. The number of carbonyl (C=O) groups is 2. The number of hydrogen-bond acceptors (Lipinski definition) is 2. The number of amides is 1. The molecule has 1 aromatic carbocycles. The number of halogens is 1. The normalized spacial score (nSPS) is 10.5. The first-order valence-corrected chi connectivity index (χ1v) is 6.59. The molecule has 0 saturated heterocycles. The van der Waals surface area contributed by atoms with Gasteiger partial charge in [-0.1, -0.05) is 0 Å². The number of nitrogens with one attached hydrogen (secondary N) is 2. The predicted octanol–water partition coefficient (Wildman–Crippen LogP) is 3.53. The number of benzene rings is 1. The van der Waals surface area contributed by atoms with Crippen LogP contribution in [0, 0.1) is 26.6 Å². The molecule has 0 fully saturated rings. The van der Waals surface area contributed by atoms with Gasteiger partial charge in [0.15, 0.2) is 5.78 Å². The topological polar surface area (TPSA) is 62.0 Å². The van der Waals surface area contributed by atoms with Gasteiger partial charge < -0.3 is 10.3 Å². The van der Waals surface area contributed by atoms with Crippen LogP contribution in [-0.2, 0) is 0 Å². The van der Waals surface area contributed by atoms with Crippen molar-refractivity contribution in [3.05, 3.63) is 52.1 Å². The van der Waals surface area contributed by atoms with Crippen LogP contribution in [0.3, 0.4) is 0 Å². The molecule has 1 aromatic heterocycles. The quantitative estimate of drug-likeness (QED) is 0.849. The second kappa shape index (κ2) is 5.52. The monoisotopic (exact) mass is 288 g/mol. The van der Waals surface area contributed by atoms with Crippen LogP contribution in [0.25, 0.3) is 0 Å². The summed E-state index contributed by atoms with van der Waals surface area (Å²) in [6, 6.07) is 4.17. The van der Waals surface area contributed by atoms with Crippen molar-refractivity contribution in [2.75, 3.05) is 5.32 Å². The van der Waals surface area contributed by atoms with E-state index in [4.69, 9.17) is 0 Å². The van der Waals surface area contributed by atoms with Crippen LogP contribution in [0.1, 0.15) is 44.6 Å². The third-order valence-electron chi connectivity index (χ3n) is 3.45. The Bertz CT molecular complexity index is 732. The Morgan fingerprint density at radius 1 is 1.19 bits per heavy atom. The highest BCUT2D eigenvalue weighted by Crippen LogP contribution is 2.22. The molecule has 0 aliphatic carbocycles. The second-order valence-electron chi connectivity index (χ2n) is 5.09. The number of carbonyl (C=O) groups excluding carboxylic acids is 2. The lowest BCUT2D eigenvalue weighted by molar-refractivity contribution is 0.101. The van der Waals surface area contributed by atoms with Gasteiger partial charge in [-0.05, 0) is 50.1 Å². The molecule has 0 aliphatic rings. The Morgan fingerprint density at radius 3 is 2.38 bits per heavy atom. The number of H-pyrrole nitrogens is 1. The van der Waals surface area contributed by atoms with Gasteiger partial charge in [0, 0.05) is 18.3 Å². The fraction of sp³-hybridized carbons (Fsp3) is 0.250. The molecule has 0 aliphatic heterocycles. The summed E-state index contributed by atoms with van der Waals surface area (Å²) in [6.45, 7) is 6.64. The van der Waals surface area contributed by atoms with Gasteiger partial charge >= 0.3 is 0 Å². The van der Waals surface area contributed by atoms with Gasteiger partial charge in [0.25, 0.3) is 5.91 Å². The van der Waals surface area contributed by atoms with Crippen LogP contribution >= 0.6 is 0 Å². The Morgan fingerprint density at radius 2 is 1.86 bits per heavy atom. The second-order valence-corrected chi connectivity index (χ2v) is 5.09. The molecule has 1 heterocycles. The molecule has 0 unspecified atom stereocenters. The van der Waals surface area contributed by atoms with Gasteiger partial charge in [-0.15, -0.1) is 0 Å². The van der Waals surface area contributed by atoms with Gasteiger partial charge in [-0.25, -0.2) is 4.39 Å². The fourth-order valence-electron chi connectivity index (χ4n) is 2.39. The van der Waals surface area contributed by atoms with E-state index in [1.54, 1.807) is 20.8 Å². The molecular formula is C16H17FN2O2. The molecule has 0 atom stereocenters. The molecule has 4 nitrogen and oxygen atoms in total. The van der Waals surface area contributed by atoms with Crippen LogP contribution < -0.4 is 5.32 Å². The lowest BCUT2D eigenvalue weighted by Crippen LogP contribution is -2.14. The highest BCUT2D eigenvalue weighted by molar-refractivity contribution is 6.09. The average Bonchev–Trinajstić information content (AvgIpc) is 2.68. The van der Waals surface area contributed by atoms with E-state index in [1.165, 1.54) is 25.1 Å². The maximum absolute atomic E-state index is 13.1. The number of aromatic amines is 1. The first-order chi connectivity index (χ1) is 9.81. The molecule has 0 saturated carbocycles. The highest BCUT2D eigenvalue weighted by atomic mass is 19.1. The molecule has 0 radical (unpaired) electrons. The predicted molar refractivity (Wildman–Crippen MR) is 79.4 cm³/mol. The number of Topliss-reactive ketones (excluding diaryl/α,β-unsaturated/α-hetero) is 1. The standard InChI is InChI=1S/C16H17FN2O2/c1-8-7-12(17)5-6-13(8)19-16(21)14-9(2)15(11(4)20)18-10(14)3/h5-7,18H,1-4H3,(H,19,21). The first kappa shape index (κ1) is 15.0. The van der Waals surface area contributed by atoms with Crippen LogP contribution in [0.5, 0.6) is 0 Å². The third kappa shape index (κ3) is 2.86. The molecule has 2 rings (SSSR count). The Hall–Kier alpha value is -2.43. The van der Waals surface area contributed by atoms with Crippen molar-refractivity contribution in [3.63, 3.8) is 0 Å². The summed E-state index contributed by atoms with van der Waals surface area (Å²) in [5, 5.41) is 2.75. The summed E-state index contributed by atoms with van der Waals surface area (Å²) in [6.07, 6.45) is 0. The van der Waals surface area contributed by atoms with Gasteiger partial charge in [0.2, 0.25) is 0 Å². The lowest BCUT2D eigenvalue weighted by Gasteiger charge is -2.09. The maximum atomic E-state index is 13.1. The van der Waals surface area contributed by atoms with Crippen molar-refractivity contribution >= 4 is 17.4 Å². The van der Waals surface area contributed by atoms with Crippen LogP contribution in [0.2, 0.25) is 0 Å². The van der Waals surface area contributed by atoms with E-state index in [0.29, 0.717) is 33.8 Å². The fourth-order valence-corrected chi connectivity index (χ4v) is 2.39. The largest absolute Gasteiger partial charge is 0.355 e. The van der Waals surface area contributed by atoms with Gasteiger partial charge in [0.05, 0.1) is 11.3 Å². The van der Waals surface area contributed by atoms with Crippen LogP contribution in [0.4, 0.5) is 10.1 Å². The summed E-state index contributed by atoms with van der Waals surface area (Å²) in [5.74, 6) is -0.783. The van der Waals surface area contributed by atoms with Gasteiger partial charge in [0.1, 0.15) is 5.82 Å². The molecule has 21 heavy (non-hydrogen) atoms. The Balaban J connectivity index is 2.35. The van der Waals surface area contributed by atoms with Crippen molar-refractivity contribution < 1.29 is 14.0 Å². The molecule has 110 valence electrons. The van der Waals surface area contributed by atoms with E-state index in [9.17, 15) is 14.0 Å². The van der Waals surface area contributed by atoms with Gasteiger partial charge in [-0.2, -0.15) is 0 Å². The van der Waals surface area contributed by atoms with Crippen molar-refractivity contribution in [1.82, 2.24) is 4.98 Å². The van der Waals surface area contributed by atoms with Crippen LogP contribution in [0.15, 0.2) is 18.2 Å². The molecular weight excluding hydrogens is 271 g/mol. The first-order valence-electron chi connectivity index (χ1n) is 6.59. The SMILES string of the molecule is CC(=O)c1[nH]c(C)c(C(=O)Nc2ccc(F)cc2C)c1C. The van der Waals surface area contributed by atoms with Crippen LogP contribution in [-0.4, -0.2) is 16.7 Å². The van der Waals surface area contributed by atoms with E-state index >= 15 is 0 Å². The number of ketones is 1. The molecule has 0 bridgehead atoms. The Labute approximate surface area is 122 Å². The smallest absolute Gasteiger partial charge is 0.257 e. The summed E-state index contributed by atoms with van der Waals surface area (Å²) in [7, 11) is 0. The molecule has 1 amide bonds. The summed E-state index contributed by atoms with van der Waals surface area (Å²) >= 11 is 0. The lowest BCUT2D eigenvalue weighted by atomic mass is 10.1. The zero-order valence-corrected chi connectivity index (χ0v) is 12.4. The molecule has 5 heteroatoms. The van der Waals surface area contributed by atoms with Crippen molar-refractivity contribution in [3.8, 4) is 0 Å². The summed E-state index contributed by atoms with van der Waals surface area (Å²) < 4.78 is 13.1. The summed E-state index contributed by atoms with van der Waals surface area (Å²) in [5.41, 5.74) is 3.33. The third-order valence-corrected chi connectivity index (χ3v) is 3.45. The zero-order chi connectivity index (χ0) is 15.7. The van der Waals surface area contributed by atoms with Crippen molar-refractivity contribution in [1.29, 1.82) is 0 Å². The number of anilines is 1. The van der Waals surface area contributed by atoms with Crippen molar-refractivity contribution in [2.24, 2.45) is 0 Å². The van der Waals surface area contributed by atoms with E-state index in [2.05, 4.69) is 10.3 Å². The zero-order valence-electron chi connectivity index (χ0n) is 12.4. The minimum Gasteiger partial charge on any atom is -0.355 e. The van der Waals surface area contributed by atoms with E-state index < -0.39 is 0 Å². The maximum Gasteiger partial charge on any atom is 0.257 e. The molecule has 2 aromatic rings. The molecule has 0 spiro atoms. The van der Waals surface area contributed by atoms with E-state index in [1.807, 2.05) is 0 Å². The van der Waals surface area contributed by atoms with E-state index in [0.717, 1.165) is 0 Å². The van der Waals surface area contributed by atoms with Gasteiger partial charge in [-0.3, -0.25) is 9.59 Å². The minimum absolute atomic E-state index is 0.118. The van der Waals surface area contributed by atoms with Crippen molar-refractivity contribution in [2.45, 2.75) is 27.7 Å². The van der Waals surface area contributed by atoms with E-state index in [-0.39, 0.29) is 17.5 Å². The number of aryl methyl sites for hydroxylation is 2. The average molecular weight is 288 g/mol.